The van der Waals surface area contributed by atoms with Crippen LogP contribution in [0.5, 0.6) is 0 Å². The summed E-state index contributed by atoms with van der Waals surface area (Å²) < 4.78 is 1.08. The Bertz CT molecular complexity index is 1360. The summed E-state index contributed by atoms with van der Waals surface area (Å²) in [6.45, 7) is 1.99. The molecule has 0 bridgehead atoms. The molecule has 4 nitrogen and oxygen atoms in total. The van der Waals surface area contributed by atoms with Crippen molar-refractivity contribution in [3.63, 3.8) is 0 Å². The quantitative estimate of drug-likeness (QED) is 0.241. The van der Waals surface area contributed by atoms with Crippen LogP contribution in [-0.2, 0) is 0 Å². The highest BCUT2D eigenvalue weighted by Crippen LogP contribution is 2.50. The molecule has 142 valence electrons. The first kappa shape index (κ1) is 20.8. The van der Waals surface area contributed by atoms with E-state index in [4.69, 9.17) is 0 Å². The van der Waals surface area contributed by atoms with Crippen molar-refractivity contribution in [2.24, 2.45) is 0 Å². The Morgan fingerprint density at radius 3 is 1.40 bits per heavy atom. The van der Waals surface area contributed by atoms with Crippen LogP contribution in [0.3, 0.4) is 0 Å². The van der Waals surface area contributed by atoms with Crippen LogP contribution in [0.4, 0.5) is 0 Å². The minimum atomic E-state index is 0.261. The third kappa shape index (κ3) is 3.36. The summed E-state index contributed by atoms with van der Waals surface area (Å²) in [4.78, 5) is 5.54. The monoisotopic (exact) mass is 570 g/mol. The molecule has 0 unspecified atom stereocenters. The number of hydrogen-bond donors (Lipinski definition) is 0. The lowest BCUT2D eigenvalue weighted by atomic mass is 10.1. The molecule has 0 radical (unpaired) electrons. The Labute approximate surface area is 202 Å². The van der Waals surface area contributed by atoms with E-state index >= 15 is 0 Å². The van der Waals surface area contributed by atoms with Crippen LogP contribution < -0.4 is 0 Å². The van der Waals surface area contributed by atoms with E-state index in [2.05, 4.69) is 46.9 Å². The van der Waals surface area contributed by atoms with Crippen molar-refractivity contribution < 1.29 is 0 Å². The molecule has 0 aromatic carbocycles. The zero-order chi connectivity index (χ0) is 21.4. The summed E-state index contributed by atoms with van der Waals surface area (Å²) in [7, 11) is 0. The van der Waals surface area contributed by atoms with Crippen LogP contribution in [0, 0.1) is 55.1 Å². The van der Waals surface area contributed by atoms with Crippen LogP contribution in [0.2, 0.25) is 0 Å². The Kier molecular flexibility index (Phi) is 5.75. The van der Waals surface area contributed by atoms with Crippen molar-refractivity contribution in [1.82, 2.24) is 0 Å². The van der Waals surface area contributed by atoms with Gasteiger partial charge in [0.15, 0.2) is 0 Å². The summed E-state index contributed by atoms with van der Waals surface area (Å²) in [5.74, 6) is 0. The van der Waals surface area contributed by atoms with E-state index < -0.39 is 0 Å². The fourth-order valence-corrected chi connectivity index (χ4v) is 8.22. The molecule has 0 spiro atoms. The van der Waals surface area contributed by atoms with Crippen LogP contribution in [0.25, 0.3) is 29.3 Å². The maximum atomic E-state index is 9.84. The van der Waals surface area contributed by atoms with Gasteiger partial charge in [0, 0.05) is 14.6 Å². The number of rotatable bonds is 3. The molecule has 0 atom stereocenters. The molecular formula is C21H7IN4S4. The second-order valence-electron chi connectivity index (χ2n) is 5.98. The van der Waals surface area contributed by atoms with Gasteiger partial charge in [-0.3, -0.25) is 0 Å². The smallest absolute Gasteiger partial charge is 0.102 e. The van der Waals surface area contributed by atoms with Gasteiger partial charge in [0.25, 0.3) is 0 Å². The molecule has 0 aliphatic rings. The van der Waals surface area contributed by atoms with Crippen molar-refractivity contribution in [3.05, 3.63) is 54.3 Å². The lowest BCUT2D eigenvalue weighted by Gasteiger charge is -1.94. The third-order valence-corrected chi connectivity index (χ3v) is 10.0. The van der Waals surface area contributed by atoms with E-state index in [-0.39, 0.29) is 11.1 Å². The standard InChI is InChI=1S/C21H7IN4S4/c1-10-2-3-15(27-10)18-11(6-23)13(8-25)20(29-18)21-14(9-26)12(7-24)19(30-21)16-4-5-17(22)28-16/h2-5H,1H3. The van der Waals surface area contributed by atoms with Crippen LogP contribution >= 0.6 is 67.9 Å². The van der Waals surface area contributed by atoms with Gasteiger partial charge in [0.2, 0.25) is 0 Å². The van der Waals surface area contributed by atoms with Gasteiger partial charge in [-0.1, -0.05) is 0 Å². The molecule has 0 saturated heterocycles. The predicted octanol–water partition coefficient (Wildman–Crippen LogP) is 7.33. The zero-order valence-electron chi connectivity index (χ0n) is 15.1. The summed E-state index contributed by atoms with van der Waals surface area (Å²) in [5, 5.41) is 39.2. The average molecular weight is 570 g/mol. The average Bonchev–Trinajstić information content (AvgIpc) is 3.50. The molecule has 0 aliphatic heterocycles. The number of nitriles is 4. The van der Waals surface area contributed by atoms with E-state index in [0.717, 1.165) is 27.3 Å². The van der Waals surface area contributed by atoms with Gasteiger partial charge in [0.05, 0.1) is 44.6 Å². The van der Waals surface area contributed by atoms with Gasteiger partial charge >= 0.3 is 0 Å². The van der Waals surface area contributed by atoms with E-state index in [0.29, 0.717) is 20.9 Å². The summed E-state index contributed by atoms with van der Waals surface area (Å²) in [6.07, 6.45) is 0. The molecule has 4 aromatic rings. The SMILES string of the molecule is Cc1ccc(-c2sc(-c3sc(-c4ccc(I)s4)c(C#N)c3C#N)c(C#N)c2C#N)s1. The van der Waals surface area contributed by atoms with Crippen molar-refractivity contribution in [3.8, 4) is 53.5 Å². The van der Waals surface area contributed by atoms with Gasteiger partial charge < -0.3 is 0 Å². The normalized spacial score (nSPS) is 10.2. The Hall–Kier alpha value is -2.51. The molecule has 4 heterocycles. The van der Waals surface area contributed by atoms with Gasteiger partial charge in [-0.2, -0.15) is 21.0 Å². The van der Waals surface area contributed by atoms with Crippen LogP contribution in [0.15, 0.2) is 24.3 Å². The van der Waals surface area contributed by atoms with Crippen molar-refractivity contribution in [2.75, 3.05) is 0 Å². The molecule has 4 aromatic heterocycles. The number of hydrogen-bond acceptors (Lipinski definition) is 8. The van der Waals surface area contributed by atoms with Crippen LogP contribution in [-0.4, -0.2) is 0 Å². The lowest BCUT2D eigenvalue weighted by Crippen LogP contribution is -1.84. The maximum Gasteiger partial charge on any atom is 0.102 e. The molecule has 30 heavy (non-hydrogen) atoms. The van der Waals surface area contributed by atoms with Gasteiger partial charge in [-0.25, -0.2) is 0 Å². The van der Waals surface area contributed by atoms with Crippen molar-refractivity contribution in [2.45, 2.75) is 6.92 Å². The second-order valence-corrected chi connectivity index (χ2v) is 12.3. The summed E-state index contributed by atoms with van der Waals surface area (Å²) >= 11 is 7.99. The maximum absolute atomic E-state index is 9.84. The molecular weight excluding hydrogens is 563 g/mol. The highest BCUT2D eigenvalue weighted by Gasteiger charge is 2.28. The molecule has 0 saturated carbocycles. The predicted molar refractivity (Wildman–Crippen MR) is 131 cm³/mol. The summed E-state index contributed by atoms with van der Waals surface area (Å²) in [6, 6.07) is 16.5. The first-order valence-corrected chi connectivity index (χ1v) is 12.6. The minimum absolute atomic E-state index is 0.261. The second kappa shape index (κ2) is 8.32. The van der Waals surface area contributed by atoms with E-state index in [1.807, 2.05) is 31.2 Å². The fraction of sp³-hybridized carbons (Fsp3) is 0.0476. The minimum Gasteiger partial charge on any atom is -0.192 e. The number of aryl methyl sites for hydroxylation is 1. The molecule has 4 rings (SSSR count). The topological polar surface area (TPSA) is 95.2 Å². The van der Waals surface area contributed by atoms with Crippen LogP contribution in [0.1, 0.15) is 27.1 Å². The van der Waals surface area contributed by atoms with Crippen molar-refractivity contribution >= 4 is 67.9 Å². The van der Waals surface area contributed by atoms with E-state index in [9.17, 15) is 21.0 Å². The molecule has 0 N–H and O–H groups in total. The fourth-order valence-electron chi connectivity index (χ4n) is 2.95. The Morgan fingerprint density at radius 2 is 1.03 bits per heavy atom. The number of nitrogens with zero attached hydrogens (tertiary/aromatic N) is 4. The Balaban J connectivity index is 2.02. The third-order valence-electron chi connectivity index (χ3n) is 4.23. The molecule has 0 amide bonds. The highest BCUT2D eigenvalue weighted by molar-refractivity contribution is 14.1. The molecule has 9 heteroatoms. The zero-order valence-corrected chi connectivity index (χ0v) is 20.5. The van der Waals surface area contributed by atoms with Crippen molar-refractivity contribution in [1.29, 1.82) is 21.0 Å². The molecule has 0 aliphatic carbocycles. The van der Waals surface area contributed by atoms with Gasteiger partial charge in [-0.05, 0) is 53.8 Å². The van der Waals surface area contributed by atoms with Gasteiger partial charge in [-0.15, -0.1) is 45.3 Å². The van der Waals surface area contributed by atoms with Gasteiger partial charge in [0.1, 0.15) is 24.3 Å². The summed E-state index contributed by atoms with van der Waals surface area (Å²) in [5.41, 5.74) is 1.16. The van der Waals surface area contributed by atoms with E-state index in [1.54, 1.807) is 22.7 Å². The molecule has 0 fully saturated rings. The number of thiophene rings is 4. The number of halogens is 1. The largest absolute Gasteiger partial charge is 0.192 e. The Morgan fingerprint density at radius 1 is 0.600 bits per heavy atom. The van der Waals surface area contributed by atoms with E-state index in [1.165, 1.54) is 22.7 Å². The first-order chi connectivity index (χ1) is 14.5. The lowest BCUT2D eigenvalue weighted by molar-refractivity contribution is 1.45. The highest BCUT2D eigenvalue weighted by atomic mass is 127. The first-order valence-electron chi connectivity index (χ1n) is 8.29.